The van der Waals surface area contributed by atoms with Gasteiger partial charge >= 0.3 is 0 Å². The molecule has 190 valence electrons. The van der Waals surface area contributed by atoms with Crippen molar-refractivity contribution in [1.29, 1.82) is 0 Å². The molecule has 6 nitrogen and oxygen atoms in total. The maximum Gasteiger partial charge on any atom is 0.143 e. The van der Waals surface area contributed by atoms with Gasteiger partial charge in [0.15, 0.2) is 0 Å². The summed E-state index contributed by atoms with van der Waals surface area (Å²) in [6, 6.07) is 12.3. The third-order valence-corrected chi connectivity index (χ3v) is 6.80. The number of anilines is 2. The standard InChI is InChI=1S/C29H35ClN4O2/c1-20(2)9-7-6-8-12-34(27-15-25(35-4)16-28(36-5)29(27)30)24-10-11-26-21(14-24)13-22(17-31-26)23-18-32-33(3)19-23/h10-11,13-20H,6-9,12H2,1-5H3. The minimum atomic E-state index is 0.572. The van der Waals surface area contributed by atoms with Gasteiger partial charge in [0.2, 0.25) is 0 Å². The molecule has 0 fully saturated rings. The molecule has 0 saturated heterocycles. The van der Waals surface area contributed by atoms with E-state index in [0.717, 1.165) is 58.7 Å². The van der Waals surface area contributed by atoms with Gasteiger partial charge in [-0.25, -0.2) is 0 Å². The molecule has 2 heterocycles. The number of ether oxygens (including phenoxy) is 2. The van der Waals surface area contributed by atoms with E-state index in [9.17, 15) is 0 Å². The van der Waals surface area contributed by atoms with E-state index in [4.69, 9.17) is 26.1 Å². The number of fused-ring (bicyclic) bond motifs is 1. The minimum absolute atomic E-state index is 0.572. The number of pyridine rings is 1. The Balaban J connectivity index is 1.73. The summed E-state index contributed by atoms with van der Waals surface area (Å²) >= 11 is 6.85. The van der Waals surface area contributed by atoms with E-state index in [0.29, 0.717) is 16.5 Å². The van der Waals surface area contributed by atoms with E-state index >= 15 is 0 Å². The lowest BCUT2D eigenvalue weighted by molar-refractivity contribution is 0.394. The van der Waals surface area contributed by atoms with Gasteiger partial charge in [-0.05, 0) is 36.6 Å². The Morgan fingerprint density at radius 1 is 0.972 bits per heavy atom. The number of unbranched alkanes of at least 4 members (excludes halogenated alkanes) is 2. The van der Waals surface area contributed by atoms with Gasteiger partial charge in [0, 0.05) is 60.3 Å². The van der Waals surface area contributed by atoms with Gasteiger partial charge in [0.1, 0.15) is 16.5 Å². The van der Waals surface area contributed by atoms with Gasteiger partial charge in [0.05, 0.1) is 31.6 Å². The number of hydrogen-bond donors (Lipinski definition) is 0. The molecule has 0 unspecified atom stereocenters. The first kappa shape index (κ1) is 25.8. The molecule has 36 heavy (non-hydrogen) atoms. The zero-order chi connectivity index (χ0) is 25.7. The Morgan fingerprint density at radius 2 is 1.81 bits per heavy atom. The highest BCUT2D eigenvalue weighted by Gasteiger charge is 2.19. The fraction of sp³-hybridized carbons (Fsp3) is 0.379. The van der Waals surface area contributed by atoms with E-state index in [2.05, 4.69) is 48.1 Å². The molecule has 2 aromatic heterocycles. The number of aromatic nitrogens is 3. The zero-order valence-corrected chi connectivity index (χ0v) is 22.5. The maximum atomic E-state index is 6.85. The number of nitrogens with zero attached hydrogens (tertiary/aromatic N) is 4. The number of methoxy groups -OCH3 is 2. The molecule has 7 heteroatoms. The van der Waals surface area contributed by atoms with Crippen molar-refractivity contribution in [3.8, 4) is 22.6 Å². The molecule has 0 radical (unpaired) electrons. The Bertz CT molecular complexity index is 1320. The molecule has 4 rings (SSSR count). The van der Waals surface area contributed by atoms with Crippen molar-refractivity contribution in [3.63, 3.8) is 0 Å². The molecule has 0 aliphatic heterocycles. The van der Waals surface area contributed by atoms with Crippen LogP contribution < -0.4 is 14.4 Å². The van der Waals surface area contributed by atoms with Gasteiger partial charge in [-0.15, -0.1) is 0 Å². The van der Waals surface area contributed by atoms with Crippen LogP contribution in [0.3, 0.4) is 0 Å². The van der Waals surface area contributed by atoms with Crippen molar-refractivity contribution in [3.05, 3.63) is 60.0 Å². The fourth-order valence-electron chi connectivity index (χ4n) is 4.42. The van der Waals surface area contributed by atoms with Gasteiger partial charge < -0.3 is 14.4 Å². The first-order valence-electron chi connectivity index (χ1n) is 12.5. The molecular formula is C29H35ClN4O2. The summed E-state index contributed by atoms with van der Waals surface area (Å²) in [7, 11) is 5.20. The van der Waals surface area contributed by atoms with E-state index in [1.54, 1.807) is 18.9 Å². The predicted octanol–water partition coefficient (Wildman–Crippen LogP) is 7.66. The topological polar surface area (TPSA) is 52.4 Å². The molecule has 2 aromatic carbocycles. The Kier molecular flexibility index (Phi) is 8.36. The highest BCUT2D eigenvalue weighted by molar-refractivity contribution is 6.35. The summed E-state index contributed by atoms with van der Waals surface area (Å²) < 4.78 is 12.9. The maximum absolute atomic E-state index is 6.85. The average Bonchev–Trinajstić information content (AvgIpc) is 3.32. The van der Waals surface area contributed by atoms with Crippen LogP contribution in [0, 0.1) is 5.92 Å². The first-order chi connectivity index (χ1) is 17.4. The Hall–Kier alpha value is -3.25. The quantitative estimate of drug-likeness (QED) is 0.195. The highest BCUT2D eigenvalue weighted by Crippen LogP contribution is 2.42. The van der Waals surface area contributed by atoms with E-state index < -0.39 is 0 Å². The monoisotopic (exact) mass is 506 g/mol. The Morgan fingerprint density at radius 3 is 2.50 bits per heavy atom. The van der Waals surface area contributed by atoms with Gasteiger partial charge in [-0.2, -0.15) is 5.10 Å². The normalized spacial score (nSPS) is 11.3. The number of halogens is 1. The zero-order valence-electron chi connectivity index (χ0n) is 21.8. The van der Waals surface area contributed by atoms with E-state index in [1.807, 2.05) is 37.8 Å². The van der Waals surface area contributed by atoms with E-state index in [-0.39, 0.29) is 0 Å². The molecular weight excluding hydrogens is 472 g/mol. The van der Waals surface area contributed by atoms with Crippen molar-refractivity contribution in [2.24, 2.45) is 13.0 Å². The molecule has 0 saturated carbocycles. The molecule has 4 aromatic rings. The number of benzene rings is 2. The van der Waals surface area contributed by atoms with Crippen LogP contribution >= 0.6 is 11.6 Å². The molecule has 0 spiro atoms. The molecule has 0 amide bonds. The molecule has 0 N–H and O–H groups in total. The third-order valence-electron chi connectivity index (χ3n) is 6.42. The van der Waals surface area contributed by atoms with Crippen LogP contribution in [0.4, 0.5) is 11.4 Å². The third kappa shape index (κ3) is 5.93. The highest BCUT2D eigenvalue weighted by atomic mass is 35.5. The largest absolute Gasteiger partial charge is 0.497 e. The smallest absolute Gasteiger partial charge is 0.143 e. The Labute approximate surface area is 218 Å². The summed E-state index contributed by atoms with van der Waals surface area (Å²) in [4.78, 5) is 6.96. The second-order valence-corrected chi connectivity index (χ2v) is 9.94. The predicted molar refractivity (Wildman–Crippen MR) is 149 cm³/mol. The second kappa shape index (κ2) is 11.7. The lowest BCUT2D eigenvalue weighted by atomic mass is 10.0. The van der Waals surface area contributed by atoms with Crippen molar-refractivity contribution in [2.75, 3.05) is 25.7 Å². The van der Waals surface area contributed by atoms with Crippen LogP contribution in [0.1, 0.15) is 39.5 Å². The molecule has 0 aliphatic carbocycles. The van der Waals surface area contributed by atoms with Gasteiger partial charge in [0.25, 0.3) is 0 Å². The first-order valence-corrected chi connectivity index (χ1v) is 12.8. The lowest BCUT2D eigenvalue weighted by Gasteiger charge is -2.27. The van der Waals surface area contributed by atoms with Crippen molar-refractivity contribution in [1.82, 2.24) is 14.8 Å². The molecule has 0 atom stereocenters. The summed E-state index contributed by atoms with van der Waals surface area (Å²) in [5, 5.41) is 5.93. The summed E-state index contributed by atoms with van der Waals surface area (Å²) in [6.45, 7) is 5.38. The van der Waals surface area contributed by atoms with Crippen molar-refractivity contribution in [2.45, 2.75) is 39.5 Å². The van der Waals surface area contributed by atoms with Crippen molar-refractivity contribution >= 4 is 33.9 Å². The second-order valence-electron chi connectivity index (χ2n) is 9.56. The summed E-state index contributed by atoms with van der Waals surface area (Å²) in [5.74, 6) is 2.02. The summed E-state index contributed by atoms with van der Waals surface area (Å²) in [6.07, 6.45) is 10.4. The number of rotatable bonds is 11. The van der Waals surface area contributed by atoms with Crippen LogP contribution in [0.25, 0.3) is 22.0 Å². The van der Waals surface area contributed by atoms with Crippen LogP contribution in [-0.4, -0.2) is 35.5 Å². The summed E-state index contributed by atoms with van der Waals surface area (Å²) in [5.41, 5.74) is 4.94. The number of hydrogen-bond acceptors (Lipinski definition) is 5. The molecule has 0 bridgehead atoms. The van der Waals surface area contributed by atoms with Crippen LogP contribution in [-0.2, 0) is 7.05 Å². The fourth-order valence-corrected chi connectivity index (χ4v) is 4.71. The number of aryl methyl sites for hydroxylation is 1. The van der Waals surface area contributed by atoms with Gasteiger partial charge in [-0.3, -0.25) is 9.67 Å². The van der Waals surface area contributed by atoms with Crippen LogP contribution in [0.15, 0.2) is 55.0 Å². The van der Waals surface area contributed by atoms with E-state index in [1.165, 1.54) is 12.8 Å². The van der Waals surface area contributed by atoms with Crippen LogP contribution in [0.2, 0.25) is 5.02 Å². The van der Waals surface area contributed by atoms with Crippen molar-refractivity contribution < 1.29 is 9.47 Å². The lowest BCUT2D eigenvalue weighted by Crippen LogP contribution is -2.19. The minimum Gasteiger partial charge on any atom is -0.497 e. The van der Waals surface area contributed by atoms with Crippen LogP contribution in [0.5, 0.6) is 11.5 Å². The molecule has 0 aliphatic rings. The van der Waals surface area contributed by atoms with Gasteiger partial charge in [-0.1, -0.05) is 44.7 Å². The average molecular weight is 507 g/mol. The SMILES string of the molecule is COc1cc(OC)c(Cl)c(N(CCCCCC(C)C)c2ccc3ncc(-c4cnn(C)c4)cc3c2)c1.